The Labute approximate surface area is 144 Å². The summed E-state index contributed by atoms with van der Waals surface area (Å²) in [7, 11) is 0. The van der Waals surface area contributed by atoms with E-state index in [2.05, 4.69) is 24.1 Å². The highest BCUT2D eigenvalue weighted by molar-refractivity contribution is 5.39. The number of aliphatic hydroxyl groups excluding tert-OH is 1. The van der Waals surface area contributed by atoms with Gasteiger partial charge in [0, 0.05) is 37.2 Å². The van der Waals surface area contributed by atoms with Crippen LogP contribution in [0.3, 0.4) is 0 Å². The molecular formula is C19H29FN2O2. The standard InChI is InChI=1S/C19H29FN2O2/c1-19(2)13-17(16-5-4-14(20)12-18(16)24-19)21-8-3-9-22-10-6-15(23)7-11-22/h4-5,12,15,17,21,23H,3,6-11,13H2,1-2H3. The minimum Gasteiger partial charge on any atom is -0.487 e. The summed E-state index contributed by atoms with van der Waals surface area (Å²) >= 11 is 0. The maximum absolute atomic E-state index is 13.5. The average Bonchev–Trinajstić information content (AvgIpc) is 2.51. The third kappa shape index (κ3) is 4.47. The van der Waals surface area contributed by atoms with E-state index in [1.165, 1.54) is 12.1 Å². The second-order valence-corrected chi connectivity index (χ2v) is 7.68. The van der Waals surface area contributed by atoms with Gasteiger partial charge in [0.2, 0.25) is 0 Å². The van der Waals surface area contributed by atoms with Crippen molar-refractivity contribution >= 4 is 0 Å². The van der Waals surface area contributed by atoms with Crippen LogP contribution in [0.15, 0.2) is 18.2 Å². The molecule has 134 valence electrons. The van der Waals surface area contributed by atoms with Gasteiger partial charge in [-0.1, -0.05) is 6.07 Å². The molecule has 4 nitrogen and oxygen atoms in total. The van der Waals surface area contributed by atoms with Gasteiger partial charge in [0.25, 0.3) is 0 Å². The Hall–Kier alpha value is -1.17. The monoisotopic (exact) mass is 336 g/mol. The van der Waals surface area contributed by atoms with Crippen LogP contribution < -0.4 is 10.1 Å². The van der Waals surface area contributed by atoms with Crippen LogP contribution in [0.5, 0.6) is 5.75 Å². The number of nitrogens with zero attached hydrogens (tertiary/aromatic N) is 1. The van der Waals surface area contributed by atoms with Gasteiger partial charge in [-0.15, -0.1) is 0 Å². The molecule has 2 N–H and O–H groups in total. The summed E-state index contributed by atoms with van der Waals surface area (Å²) in [6, 6.07) is 5.04. The summed E-state index contributed by atoms with van der Waals surface area (Å²) in [5.74, 6) is 0.409. The van der Waals surface area contributed by atoms with Crippen molar-refractivity contribution in [2.24, 2.45) is 0 Å². The van der Waals surface area contributed by atoms with Gasteiger partial charge in [0.05, 0.1) is 6.10 Å². The minimum absolute atomic E-state index is 0.110. The van der Waals surface area contributed by atoms with Crippen molar-refractivity contribution in [1.82, 2.24) is 10.2 Å². The maximum Gasteiger partial charge on any atom is 0.127 e. The third-order valence-electron chi connectivity index (χ3n) is 5.03. The first-order valence-corrected chi connectivity index (χ1v) is 9.05. The van der Waals surface area contributed by atoms with Crippen LogP contribution in [-0.2, 0) is 0 Å². The fourth-order valence-corrected chi connectivity index (χ4v) is 3.73. The van der Waals surface area contributed by atoms with Crippen LogP contribution >= 0.6 is 0 Å². The van der Waals surface area contributed by atoms with Crippen molar-refractivity contribution < 1.29 is 14.2 Å². The van der Waals surface area contributed by atoms with Gasteiger partial charge in [-0.25, -0.2) is 4.39 Å². The summed E-state index contributed by atoms with van der Waals surface area (Å²) in [4.78, 5) is 2.42. The highest BCUT2D eigenvalue weighted by Gasteiger charge is 2.33. The Bertz CT molecular complexity index is 556. The molecule has 0 amide bonds. The van der Waals surface area contributed by atoms with Crippen LogP contribution in [0.4, 0.5) is 4.39 Å². The molecule has 1 atom stereocenters. The molecule has 1 unspecified atom stereocenters. The van der Waals surface area contributed by atoms with Crippen molar-refractivity contribution in [2.45, 2.75) is 57.3 Å². The van der Waals surface area contributed by atoms with Crippen molar-refractivity contribution in [3.05, 3.63) is 29.6 Å². The number of fused-ring (bicyclic) bond motifs is 1. The Morgan fingerprint density at radius 2 is 2.08 bits per heavy atom. The summed E-state index contributed by atoms with van der Waals surface area (Å²) in [5.41, 5.74) is 0.762. The van der Waals surface area contributed by atoms with Gasteiger partial charge in [-0.2, -0.15) is 0 Å². The van der Waals surface area contributed by atoms with E-state index < -0.39 is 0 Å². The fraction of sp³-hybridized carbons (Fsp3) is 0.684. The van der Waals surface area contributed by atoms with Crippen molar-refractivity contribution in [1.29, 1.82) is 0 Å². The molecular weight excluding hydrogens is 307 g/mol. The number of piperidine rings is 1. The number of hydrogen-bond acceptors (Lipinski definition) is 4. The van der Waals surface area contributed by atoms with Crippen molar-refractivity contribution in [2.75, 3.05) is 26.2 Å². The molecule has 0 saturated carbocycles. The number of ether oxygens (including phenoxy) is 1. The van der Waals surface area contributed by atoms with Crippen LogP contribution in [0.25, 0.3) is 0 Å². The molecule has 1 aromatic carbocycles. The number of hydrogen-bond donors (Lipinski definition) is 2. The number of likely N-dealkylation sites (tertiary alicyclic amines) is 1. The predicted molar refractivity (Wildman–Crippen MR) is 92.8 cm³/mol. The van der Waals surface area contributed by atoms with E-state index in [-0.39, 0.29) is 23.6 Å². The number of benzene rings is 1. The lowest BCUT2D eigenvalue weighted by atomic mass is 9.89. The molecule has 0 aliphatic carbocycles. The average molecular weight is 336 g/mol. The summed E-state index contributed by atoms with van der Waals surface area (Å²) in [6.07, 6.45) is 3.62. The van der Waals surface area contributed by atoms with Gasteiger partial charge >= 0.3 is 0 Å². The summed E-state index contributed by atoms with van der Waals surface area (Å²) in [5, 5.41) is 13.2. The lowest BCUT2D eigenvalue weighted by molar-refractivity contribution is 0.0647. The first kappa shape index (κ1) is 17.6. The molecule has 1 saturated heterocycles. The minimum atomic E-state index is -0.290. The molecule has 24 heavy (non-hydrogen) atoms. The van der Waals surface area contributed by atoms with Crippen molar-refractivity contribution in [3.63, 3.8) is 0 Å². The van der Waals surface area contributed by atoms with E-state index in [1.807, 2.05) is 6.07 Å². The third-order valence-corrected chi connectivity index (χ3v) is 5.03. The smallest absolute Gasteiger partial charge is 0.127 e. The van der Waals surface area contributed by atoms with E-state index in [1.54, 1.807) is 0 Å². The van der Waals surface area contributed by atoms with Crippen molar-refractivity contribution in [3.8, 4) is 5.75 Å². The number of rotatable bonds is 5. The number of halogens is 1. The molecule has 0 bridgehead atoms. The SMILES string of the molecule is CC1(C)CC(NCCCN2CCC(O)CC2)c2ccc(F)cc2O1. The Kier molecular flexibility index (Phi) is 5.42. The predicted octanol–water partition coefficient (Wildman–Crippen LogP) is 2.86. The highest BCUT2D eigenvalue weighted by atomic mass is 19.1. The van der Waals surface area contributed by atoms with E-state index in [0.29, 0.717) is 5.75 Å². The molecule has 0 aromatic heterocycles. The van der Waals surface area contributed by atoms with Gasteiger partial charge < -0.3 is 20.1 Å². The van der Waals surface area contributed by atoms with E-state index >= 15 is 0 Å². The van der Waals surface area contributed by atoms with Gasteiger partial charge in [-0.3, -0.25) is 0 Å². The summed E-state index contributed by atoms with van der Waals surface area (Å²) < 4.78 is 19.4. The zero-order valence-corrected chi connectivity index (χ0v) is 14.7. The van der Waals surface area contributed by atoms with Gasteiger partial charge in [-0.05, 0) is 52.3 Å². The van der Waals surface area contributed by atoms with E-state index in [4.69, 9.17) is 4.74 Å². The van der Waals surface area contributed by atoms with Crippen LogP contribution in [-0.4, -0.2) is 47.9 Å². The van der Waals surface area contributed by atoms with Crippen LogP contribution in [0.2, 0.25) is 0 Å². The number of nitrogens with one attached hydrogen (secondary N) is 1. The molecule has 2 heterocycles. The molecule has 2 aliphatic heterocycles. The maximum atomic E-state index is 13.5. The quantitative estimate of drug-likeness (QED) is 0.812. The van der Waals surface area contributed by atoms with Crippen LogP contribution in [0.1, 0.15) is 51.1 Å². The molecule has 1 fully saturated rings. The fourth-order valence-electron chi connectivity index (χ4n) is 3.73. The Morgan fingerprint density at radius 3 is 2.83 bits per heavy atom. The summed E-state index contributed by atoms with van der Waals surface area (Å²) in [6.45, 7) is 8.07. The van der Waals surface area contributed by atoms with E-state index in [0.717, 1.165) is 57.4 Å². The van der Waals surface area contributed by atoms with Gasteiger partial charge in [0.15, 0.2) is 0 Å². The zero-order valence-electron chi connectivity index (χ0n) is 14.7. The molecule has 3 rings (SSSR count). The molecule has 0 spiro atoms. The van der Waals surface area contributed by atoms with E-state index in [9.17, 15) is 9.50 Å². The van der Waals surface area contributed by atoms with Gasteiger partial charge in [0.1, 0.15) is 17.2 Å². The van der Waals surface area contributed by atoms with Crippen LogP contribution in [0, 0.1) is 5.82 Å². The zero-order chi connectivity index (χ0) is 17.2. The highest BCUT2D eigenvalue weighted by Crippen LogP contribution is 2.39. The largest absolute Gasteiger partial charge is 0.487 e. The first-order valence-electron chi connectivity index (χ1n) is 9.05. The molecule has 2 aliphatic rings. The molecule has 0 radical (unpaired) electrons. The topological polar surface area (TPSA) is 44.7 Å². The lowest BCUT2D eigenvalue weighted by Gasteiger charge is -2.38. The second kappa shape index (κ2) is 7.38. The normalized spacial score (nSPS) is 24.4. The Balaban J connectivity index is 1.51. The molecule has 5 heteroatoms. The number of aliphatic hydroxyl groups is 1. The first-order chi connectivity index (χ1) is 11.4. The second-order valence-electron chi connectivity index (χ2n) is 7.68. The Morgan fingerprint density at radius 1 is 1.33 bits per heavy atom. The lowest BCUT2D eigenvalue weighted by Crippen LogP contribution is -2.41. The molecule has 1 aromatic rings.